The number of phenolic OH excluding ortho intramolecular Hbond substituents is 2. The molecule has 2 rings (SSSR count). The van der Waals surface area contributed by atoms with Gasteiger partial charge in [-0.2, -0.15) is 0 Å². The number of benzene rings is 1. The summed E-state index contributed by atoms with van der Waals surface area (Å²) < 4.78 is 5.26. The Labute approximate surface area is 96.3 Å². The molecule has 2 N–H and O–H groups in total. The molecule has 6 heteroatoms. The van der Waals surface area contributed by atoms with Gasteiger partial charge in [-0.05, 0) is 19.1 Å². The molecule has 0 amide bonds. The molecule has 1 atom stereocenters. The average Bonchev–Trinajstić information content (AvgIpc) is 2.66. The van der Waals surface area contributed by atoms with E-state index in [0.29, 0.717) is 5.56 Å². The number of rotatable bonds is 2. The second-order valence-corrected chi connectivity index (χ2v) is 3.92. The van der Waals surface area contributed by atoms with Crippen LogP contribution in [0.15, 0.2) is 22.6 Å². The van der Waals surface area contributed by atoms with E-state index in [1.807, 2.05) is 0 Å². The zero-order chi connectivity index (χ0) is 11.7. The summed E-state index contributed by atoms with van der Waals surface area (Å²) in [4.78, 5) is 0. The molecule has 1 aromatic heterocycles. The highest BCUT2D eigenvalue weighted by molar-refractivity contribution is 6.20. The van der Waals surface area contributed by atoms with Crippen LogP contribution in [0.3, 0.4) is 0 Å². The van der Waals surface area contributed by atoms with Crippen molar-refractivity contribution in [3.63, 3.8) is 0 Å². The van der Waals surface area contributed by atoms with Gasteiger partial charge in [0.15, 0.2) is 0 Å². The van der Waals surface area contributed by atoms with Gasteiger partial charge in [-0.3, -0.25) is 0 Å². The number of halogens is 1. The Balaban J connectivity index is 2.42. The van der Waals surface area contributed by atoms with Crippen molar-refractivity contribution in [1.82, 2.24) is 10.2 Å². The monoisotopic (exact) mass is 240 g/mol. The van der Waals surface area contributed by atoms with E-state index < -0.39 is 0 Å². The maximum absolute atomic E-state index is 9.57. The maximum Gasteiger partial charge on any atom is 0.251 e. The van der Waals surface area contributed by atoms with Gasteiger partial charge in [0.05, 0.1) is 5.56 Å². The minimum atomic E-state index is -0.388. The van der Waals surface area contributed by atoms with E-state index in [-0.39, 0.29) is 28.7 Å². The molecular weight excluding hydrogens is 232 g/mol. The van der Waals surface area contributed by atoms with Crippen LogP contribution in [0.25, 0.3) is 11.5 Å². The smallest absolute Gasteiger partial charge is 0.251 e. The van der Waals surface area contributed by atoms with Gasteiger partial charge in [0, 0.05) is 6.07 Å². The molecule has 0 aliphatic heterocycles. The second-order valence-electron chi connectivity index (χ2n) is 3.26. The summed E-state index contributed by atoms with van der Waals surface area (Å²) in [5.41, 5.74) is 0.355. The minimum absolute atomic E-state index is 0.0355. The highest BCUT2D eigenvalue weighted by Crippen LogP contribution is 2.32. The molecule has 2 aromatic rings. The highest BCUT2D eigenvalue weighted by Gasteiger charge is 2.15. The van der Waals surface area contributed by atoms with E-state index in [1.54, 1.807) is 6.92 Å². The maximum atomic E-state index is 9.57. The fraction of sp³-hybridized carbons (Fsp3) is 0.200. The number of nitrogens with zero attached hydrogens (tertiary/aromatic N) is 2. The second kappa shape index (κ2) is 4.02. The highest BCUT2D eigenvalue weighted by atomic mass is 35.5. The first-order valence-electron chi connectivity index (χ1n) is 4.57. The fourth-order valence-corrected chi connectivity index (χ4v) is 1.29. The van der Waals surface area contributed by atoms with Crippen LogP contribution in [0.1, 0.15) is 18.2 Å². The van der Waals surface area contributed by atoms with Crippen molar-refractivity contribution in [1.29, 1.82) is 0 Å². The summed E-state index contributed by atoms with van der Waals surface area (Å²) >= 11 is 5.77. The fourth-order valence-electron chi connectivity index (χ4n) is 1.21. The molecule has 16 heavy (non-hydrogen) atoms. The molecule has 0 aliphatic carbocycles. The Bertz CT molecular complexity index is 511. The van der Waals surface area contributed by atoms with Crippen molar-refractivity contribution >= 4 is 11.6 Å². The van der Waals surface area contributed by atoms with E-state index in [1.165, 1.54) is 18.2 Å². The van der Waals surface area contributed by atoms with Gasteiger partial charge in [-0.25, -0.2) is 0 Å². The van der Waals surface area contributed by atoms with Gasteiger partial charge in [0.25, 0.3) is 5.89 Å². The van der Waals surface area contributed by atoms with E-state index >= 15 is 0 Å². The molecule has 84 valence electrons. The van der Waals surface area contributed by atoms with Gasteiger partial charge in [-0.1, -0.05) is 0 Å². The Morgan fingerprint density at radius 2 is 2.06 bits per heavy atom. The number of alkyl halides is 1. The van der Waals surface area contributed by atoms with Gasteiger partial charge >= 0.3 is 0 Å². The number of hydrogen-bond donors (Lipinski definition) is 2. The van der Waals surface area contributed by atoms with E-state index in [0.717, 1.165) is 0 Å². The summed E-state index contributed by atoms with van der Waals surface area (Å²) in [6.07, 6.45) is 0. The molecule has 0 fully saturated rings. The molecule has 0 saturated heterocycles. The Hall–Kier alpha value is -1.75. The van der Waals surface area contributed by atoms with E-state index in [4.69, 9.17) is 21.1 Å². The summed E-state index contributed by atoms with van der Waals surface area (Å²) in [6, 6.07) is 4.10. The number of aromatic nitrogens is 2. The normalized spacial score (nSPS) is 12.6. The molecule has 0 bridgehead atoms. The van der Waals surface area contributed by atoms with Gasteiger partial charge in [0.2, 0.25) is 5.89 Å². The molecule has 1 aromatic carbocycles. The van der Waals surface area contributed by atoms with Crippen molar-refractivity contribution in [3.8, 4) is 23.0 Å². The van der Waals surface area contributed by atoms with Crippen molar-refractivity contribution in [3.05, 3.63) is 24.1 Å². The van der Waals surface area contributed by atoms with Crippen molar-refractivity contribution < 1.29 is 14.6 Å². The first-order chi connectivity index (χ1) is 7.58. The summed E-state index contributed by atoms with van der Waals surface area (Å²) in [7, 11) is 0. The summed E-state index contributed by atoms with van der Waals surface area (Å²) in [5, 5.41) is 25.8. The topological polar surface area (TPSA) is 79.4 Å². The van der Waals surface area contributed by atoms with Crippen LogP contribution in [0.4, 0.5) is 0 Å². The van der Waals surface area contributed by atoms with Gasteiger partial charge < -0.3 is 14.6 Å². The zero-order valence-corrected chi connectivity index (χ0v) is 9.14. The van der Waals surface area contributed by atoms with Crippen LogP contribution in [-0.2, 0) is 0 Å². The lowest BCUT2D eigenvalue weighted by molar-refractivity contribution is 0.448. The van der Waals surface area contributed by atoms with Crippen LogP contribution >= 0.6 is 11.6 Å². The van der Waals surface area contributed by atoms with Gasteiger partial charge in [0.1, 0.15) is 16.9 Å². The molecule has 0 aliphatic rings. The zero-order valence-electron chi connectivity index (χ0n) is 8.38. The molecule has 0 saturated carbocycles. The molecule has 0 spiro atoms. The standard InChI is InChI=1S/C10H9ClN2O3/c1-5(11)9-12-13-10(16-9)7-3-2-6(14)4-8(7)15/h2-5,14-15H,1H3. The van der Waals surface area contributed by atoms with Crippen LogP contribution in [-0.4, -0.2) is 20.4 Å². The predicted octanol–water partition coefficient (Wildman–Crippen LogP) is 2.45. The summed E-state index contributed by atoms with van der Waals surface area (Å²) in [5.74, 6) is 0.285. The van der Waals surface area contributed by atoms with Crippen LogP contribution < -0.4 is 0 Å². The minimum Gasteiger partial charge on any atom is -0.508 e. The lowest BCUT2D eigenvalue weighted by Gasteiger charge is -1.99. The lowest BCUT2D eigenvalue weighted by atomic mass is 10.2. The quantitative estimate of drug-likeness (QED) is 0.788. The first kappa shape index (κ1) is 10.8. The van der Waals surface area contributed by atoms with E-state index in [9.17, 15) is 5.11 Å². The van der Waals surface area contributed by atoms with Crippen molar-refractivity contribution in [2.75, 3.05) is 0 Å². The van der Waals surface area contributed by atoms with E-state index in [2.05, 4.69) is 10.2 Å². The Kier molecular flexibility index (Phi) is 2.70. The molecule has 1 unspecified atom stereocenters. The Morgan fingerprint density at radius 3 is 2.62 bits per heavy atom. The lowest BCUT2D eigenvalue weighted by Crippen LogP contribution is -1.81. The third-order valence-corrected chi connectivity index (χ3v) is 2.18. The Morgan fingerprint density at radius 1 is 1.31 bits per heavy atom. The van der Waals surface area contributed by atoms with Gasteiger partial charge in [-0.15, -0.1) is 21.8 Å². The predicted molar refractivity (Wildman–Crippen MR) is 57.3 cm³/mol. The number of hydrogen-bond acceptors (Lipinski definition) is 5. The van der Waals surface area contributed by atoms with Crippen LogP contribution in [0.2, 0.25) is 0 Å². The average molecular weight is 241 g/mol. The SMILES string of the molecule is CC(Cl)c1nnc(-c2ccc(O)cc2O)o1. The molecule has 5 nitrogen and oxygen atoms in total. The third-order valence-electron chi connectivity index (χ3n) is 1.99. The number of aromatic hydroxyl groups is 2. The largest absolute Gasteiger partial charge is 0.508 e. The molecular formula is C10H9ClN2O3. The van der Waals surface area contributed by atoms with Crippen molar-refractivity contribution in [2.24, 2.45) is 0 Å². The molecule has 0 radical (unpaired) electrons. The van der Waals surface area contributed by atoms with Crippen molar-refractivity contribution in [2.45, 2.75) is 12.3 Å². The molecule has 1 heterocycles. The first-order valence-corrected chi connectivity index (χ1v) is 5.01. The van der Waals surface area contributed by atoms with Crippen LogP contribution in [0, 0.1) is 0 Å². The van der Waals surface area contributed by atoms with Crippen LogP contribution in [0.5, 0.6) is 11.5 Å². The third kappa shape index (κ3) is 1.94. The number of phenols is 2. The summed E-state index contributed by atoms with van der Waals surface area (Å²) in [6.45, 7) is 1.70.